The molecule has 1 aliphatic heterocycles. The Morgan fingerprint density at radius 2 is 2.21 bits per heavy atom. The number of pyridine rings is 1. The number of carbonyl (C=O) groups excluding carboxylic acids is 2. The van der Waals surface area contributed by atoms with Crippen molar-refractivity contribution in [3.05, 3.63) is 41.3 Å². The fourth-order valence-electron chi connectivity index (χ4n) is 4.66. The zero-order chi connectivity index (χ0) is 20.6. The highest BCUT2D eigenvalue weighted by Gasteiger charge is 2.58. The number of fused-ring (bicyclic) bond motifs is 1. The average Bonchev–Trinajstić information content (AvgIpc) is 3.34. The van der Waals surface area contributed by atoms with Gasteiger partial charge < -0.3 is 19.5 Å². The lowest BCUT2D eigenvalue weighted by Gasteiger charge is -2.25. The first-order valence-corrected chi connectivity index (χ1v) is 9.71. The monoisotopic (exact) mass is 399 g/mol. The second-order valence-corrected chi connectivity index (χ2v) is 8.07. The van der Waals surface area contributed by atoms with Gasteiger partial charge in [-0.2, -0.15) is 4.98 Å². The third-order valence-corrected chi connectivity index (χ3v) is 5.92. The average molecular weight is 399 g/mol. The highest BCUT2D eigenvalue weighted by atomic mass is 16.5. The van der Waals surface area contributed by atoms with Crippen molar-refractivity contribution in [1.82, 2.24) is 25.3 Å². The van der Waals surface area contributed by atoms with E-state index in [-0.39, 0.29) is 30.4 Å². The molecule has 29 heavy (non-hydrogen) atoms. The van der Waals surface area contributed by atoms with E-state index in [9.17, 15) is 9.59 Å². The predicted molar refractivity (Wildman–Crippen MR) is 102 cm³/mol. The summed E-state index contributed by atoms with van der Waals surface area (Å²) in [7, 11) is 1.51. The van der Waals surface area contributed by atoms with Gasteiger partial charge in [0.05, 0.1) is 11.0 Å². The summed E-state index contributed by atoms with van der Waals surface area (Å²) in [4.78, 5) is 35.5. The van der Waals surface area contributed by atoms with Gasteiger partial charge in [-0.1, -0.05) is 5.16 Å². The SMILES string of the molecule is COCC(=O)N1C[C@@H]2C[C@@H](NC(=O)c3cncc(C)c3)C[C@]2(c2nc(C)no2)C1. The van der Waals surface area contributed by atoms with E-state index in [0.717, 1.165) is 12.0 Å². The lowest BCUT2D eigenvalue weighted by Crippen LogP contribution is -2.40. The smallest absolute Gasteiger partial charge is 0.253 e. The lowest BCUT2D eigenvalue weighted by molar-refractivity contribution is -0.134. The summed E-state index contributed by atoms with van der Waals surface area (Å²) in [6.45, 7) is 4.80. The number of hydrogen-bond donors (Lipinski definition) is 1. The van der Waals surface area contributed by atoms with Crippen molar-refractivity contribution in [3.8, 4) is 0 Å². The molecule has 2 fully saturated rings. The summed E-state index contributed by atoms with van der Waals surface area (Å²) < 4.78 is 10.5. The van der Waals surface area contributed by atoms with Gasteiger partial charge in [-0.15, -0.1) is 0 Å². The van der Waals surface area contributed by atoms with Gasteiger partial charge in [-0.3, -0.25) is 14.6 Å². The summed E-state index contributed by atoms with van der Waals surface area (Å²) in [5, 5.41) is 7.08. The van der Waals surface area contributed by atoms with Crippen LogP contribution in [-0.2, 0) is 14.9 Å². The molecule has 2 amide bonds. The van der Waals surface area contributed by atoms with Crippen LogP contribution in [0.5, 0.6) is 0 Å². The highest BCUT2D eigenvalue weighted by Crippen LogP contribution is 2.50. The summed E-state index contributed by atoms with van der Waals surface area (Å²) in [5.41, 5.74) is 1.03. The van der Waals surface area contributed by atoms with Crippen molar-refractivity contribution in [2.24, 2.45) is 5.92 Å². The molecule has 154 valence electrons. The molecule has 0 aromatic carbocycles. The van der Waals surface area contributed by atoms with Crippen molar-refractivity contribution in [1.29, 1.82) is 0 Å². The lowest BCUT2D eigenvalue weighted by atomic mass is 9.80. The van der Waals surface area contributed by atoms with E-state index >= 15 is 0 Å². The molecule has 1 N–H and O–H groups in total. The number of methoxy groups -OCH3 is 1. The molecular weight excluding hydrogens is 374 g/mol. The third kappa shape index (κ3) is 3.62. The highest BCUT2D eigenvalue weighted by molar-refractivity contribution is 5.94. The quantitative estimate of drug-likeness (QED) is 0.799. The molecule has 2 aliphatic rings. The molecule has 0 radical (unpaired) electrons. The van der Waals surface area contributed by atoms with Crippen molar-refractivity contribution in [2.75, 3.05) is 26.8 Å². The molecule has 4 rings (SSSR count). The molecule has 2 aromatic heterocycles. The first-order valence-electron chi connectivity index (χ1n) is 9.71. The Kier molecular flexibility index (Phi) is 5.08. The van der Waals surface area contributed by atoms with E-state index in [1.807, 2.05) is 13.0 Å². The summed E-state index contributed by atoms with van der Waals surface area (Å²) in [5.74, 6) is 1.04. The van der Waals surface area contributed by atoms with Crippen LogP contribution < -0.4 is 5.32 Å². The van der Waals surface area contributed by atoms with Crippen LogP contribution in [0.25, 0.3) is 0 Å². The Morgan fingerprint density at radius 3 is 2.90 bits per heavy atom. The Bertz CT molecular complexity index is 929. The number of likely N-dealkylation sites (tertiary alicyclic amines) is 1. The maximum atomic E-state index is 12.7. The zero-order valence-electron chi connectivity index (χ0n) is 16.8. The van der Waals surface area contributed by atoms with Crippen molar-refractivity contribution >= 4 is 11.8 Å². The predicted octanol–water partition coefficient (Wildman–Crippen LogP) is 1.02. The summed E-state index contributed by atoms with van der Waals surface area (Å²) in [6, 6.07) is 1.78. The summed E-state index contributed by atoms with van der Waals surface area (Å²) in [6.07, 6.45) is 4.67. The number of aryl methyl sites for hydroxylation is 2. The van der Waals surface area contributed by atoms with Gasteiger partial charge in [0, 0.05) is 38.6 Å². The number of amides is 2. The number of nitrogens with one attached hydrogen (secondary N) is 1. The molecule has 1 saturated carbocycles. The van der Waals surface area contributed by atoms with Gasteiger partial charge in [0.25, 0.3) is 5.91 Å². The number of ether oxygens (including phenoxy) is 1. The molecule has 9 heteroatoms. The standard InChI is InChI=1S/C20H25N5O4/c1-12-4-14(8-21-7-12)18(27)23-16-5-15-9-25(17(26)10-28-3)11-20(15,6-16)19-22-13(2)24-29-19/h4,7-8,15-16H,5-6,9-11H2,1-3H3,(H,23,27)/t15-,16+,20-/m0/s1. The maximum absolute atomic E-state index is 12.7. The van der Waals surface area contributed by atoms with Crippen molar-refractivity contribution in [2.45, 2.75) is 38.1 Å². The molecule has 1 aliphatic carbocycles. The van der Waals surface area contributed by atoms with Gasteiger partial charge in [0.15, 0.2) is 5.82 Å². The minimum absolute atomic E-state index is 0.0418. The van der Waals surface area contributed by atoms with E-state index < -0.39 is 5.41 Å². The van der Waals surface area contributed by atoms with Crippen LogP contribution in [0.3, 0.4) is 0 Å². The molecule has 9 nitrogen and oxygen atoms in total. The summed E-state index contributed by atoms with van der Waals surface area (Å²) >= 11 is 0. The molecule has 0 spiro atoms. The van der Waals surface area contributed by atoms with Crippen LogP contribution >= 0.6 is 0 Å². The van der Waals surface area contributed by atoms with Crippen molar-refractivity contribution < 1.29 is 18.8 Å². The molecule has 1 saturated heterocycles. The third-order valence-electron chi connectivity index (χ3n) is 5.92. The van der Waals surface area contributed by atoms with Gasteiger partial charge in [-0.25, -0.2) is 0 Å². The second-order valence-electron chi connectivity index (χ2n) is 8.07. The van der Waals surface area contributed by atoms with Crippen molar-refractivity contribution in [3.63, 3.8) is 0 Å². The fourth-order valence-corrected chi connectivity index (χ4v) is 4.66. The first kappa shape index (κ1) is 19.5. The number of carbonyl (C=O) groups is 2. The topological polar surface area (TPSA) is 110 Å². The minimum atomic E-state index is -0.451. The molecule has 3 heterocycles. The second kappa shape index (κ2) is 7.55. The Labute approximate surface area is 168 Å². The molecule has 0 unspecified atom stereocenters. The van der Waals surface area contributed by atoms with Gasteiger partial charge in [0.2, 0.25) is 11.8 Å². The molecular formula is C20H25N5O4. The van der Waals surface area contributed by atoms with E-state index in [2.05, 4.69) is 20.4 Å². The first-order chi connectivity index (χ1) is 13.9. The van der Waals surface area contributed by atoms with Gasteiger partial charge in [-0.05, 0) is 44.2 Å². The van der Waals surface area contributed by atoms with Crippen LogP contribution in [0, 0.1) is 19.8 Å². The molecule has 2 aromatic rings. The van der Waals surface area contributed by atoms with E-state index in [1.54, 1.807) is 24.2 Å². The Morgan fingerprint density at radius 1 is 1.38 bits per heavy atom. The zero-order valence-corrected chi connectivity index (χ0v) is 16.8. The molecule has 3 atom stereocenters. The van der Waals surface area contributed by atoms with Crippen LogP contribution in [-0.4, -0.2) is 64.7 Å². The Hall–Kier alpha value is -2.81. The van der Waals surface area contributed by atoms with Crippen LogP contribution in [0.4, 0.5) is 0 Å². The van der Waals surface area contributed by atoms with Crippen LogP contribution in [0.2, 0.25) is 0 Å². The number of hydrogen-bond acceptors (Lipinski definition) is 7. The number of aromatic nitrogens is 3. The molecule has 0 bridgehead atoms. The largest absolute Gasteiger partial charge is 0.375 e. The number of rotatable bonds is 5. The Balaban J connectivity index is 1.54. The van der Waals surface area contributed by atoms with E-state index in [1.165, 1.54) is 7.11 Å². The normalized spacial score (nSPS) is 25.8. The minimum Gasteiger partial charge on any atom is -0.375 e. The number of nitrogens with zero attached hydrogens (tertiary/aromatic N) is 4. The van der Waals surface area contributed by atoms with Crippen LogP contribution in [0.1, 0.15) is 40.5 Å². The van der Waals surface area contributed by atoms with E-state index in [4.69, 9.17) is 9.26 Å². The van der Waals surface area contributed by atoms with Gasteiger partial charge >= 0.3 is 0 Å². The van der Waals surface area contributed by atoms with Crippen LogP contribution in [0.15, 0.2) is 23.0 Å². The van der Waals surface area contributed by atoms with E-state index in [0.29, 0.717) is 36.8 Å². The fraction of sp³-hybridized carbons (Fsp3) is 0.550. The van der Waals surface area contributed by atoms with Gasteiger partial charge in [0.1, 0.15) is 6.61 Å². The maximum Gasteiger partial charge on any atom is 0.253 e.